The van der Waals surface area contributed by atoms with Crippen molar-refractivity contribution in [3.8, 4) is 45.3 Å². The SMILES string of the molecule is c1ccc2c(c1)Oc1cccc3cc(-c4ccc(-c5ccc6oc7ccccc7c6c5)o4)cc-2c13. The van der Waals surface area contributed by atoms with E-state index in [9.17, 15) is 0 Å². The minimum Gasteiger partial charge on any atom is -0.456 e. The maximum absolute atomic E-state index is 6.42. The van der Waals surface area contributed by atoms with Gasteiger partial charge >= 0.3 is 0 Å². The summed E-state index contributed by atoms with van der Waals surface area (Å²) in [6, 6.07) is 37.2. The van der Waals surface area contributed by atoms with Crippen molar-refractivity contribution >= 4 is 32.7 Å². The van der Waals surface area contributed by atoms with Crippen molar-refractivity contribution in [1.82, 2.24) is 0 Å². The molecule has 0 saturated heterocycles. The second kappa shape index (κ2) is 6.87. The van der Waals surface area contributed by atoms with E-state index in [1.54, 1.807) is 0 Å². The van der Waals surface area contributed by atoms with E-state index >= 15 is 0 Å². The molecular weight excluding hydrogens is 432 g/mol. The lowest BCUT2D eigenvalue weighted by Crippen LogP contribution is -1.97. The van der Waals surface area contributed by atoms with Gasteiger partial charge in [0.05, 0.1) is 0 Å². The van der Waals surface area contributed by atoms with E-state index in [1.807, 2.05) is 54.6 Å². The van der Waals surface area contributed by atoms with E-state index in [-0.39, 0.29) is 0 Å². The smallest absolute Gasteiger partial charge is 0.135 e. The first-order chi connectivity index (χ1) is 17.3. The third kappa shape index (κ3) is 2.72. The molecule has 35 heavy (non-hydrogen) atoms. The maximum Gasteiger partial charge on any atom is 0.135 e. The summed E-state index contributed by atoms with van der Waals surface area (Å²) >= 11 is 0. The molecule has 1 aliphatic rings. The summed E-state index contributed by atoms with van der Waals surface area (Å²) < 4.78 is 18.6. The van der Waals surface area contributed by atoms with Gasteiger partial charge < -0.3 is 13.6 Å². The monoisotopic (exact) mass is 450 g/mol. The first-order valence-electron chi connectivity index (χ1n) is 11.7. The summed E-state index contributed by atoms with van der Waals surface area (Å²) in [5.74, 6) is 3.44. The Morgan fingerprint density at radius 2 is 1.26 bits per heavy atom. The van der Waals surface area contributed by atoms with Crippen LogP contribution in [0.25, 0.3) is 66.5 Å². The van der Waals surface area contributed by atoms with Crippen LogP contribution in [0.2, 0.25) is 0 Å². The molecular formula is C32H18O3. The Morgan fingerprint density at radius 1 is 0.457 bits per heavy atom. The average Bonchev–Trinajstić information content (AvgIpc) is 3.54. The quantitative estimate of drug-likeness (QED) is 0.263. The number of para-hydroxylation sites is 2. The lowest BCUT2D eigenvalue weighted by Gasteiger charge is -2.21. The largest absolute Gasteiger partial charge is 0.456 e. The van der Waals surface area contributed by atoms with E-state index in [0.717, 1.165) is 72.4 Å². The van der Waals surface area contributed by atoms with Gasteiger partial charge in [-0.3, -0.25) is 0 Å². The summed E-state index contributed by atoms with van der Waals surface area (Å²) in [6.07, 6.45) is 0. The Hall–Kier alpha value is -4.76. The lowest BCUT2D eigenvalue weighted by molar-refractivity contribution is 0.487. The minimum atomic E-state index is 0.832. The Morgan fingerprint density at radius 3 is 2.23 bits per heavy atom. The summed E-state index contributed by atoms with van der Waals surface area (Å²) in [5.41, 5.74) is 6.11. The number of benzene rings is 5. The number of rotatable bonds is 2. The van der Waals surface area contributed by atoms with Crippen molar-refractivity contribution in [2.24, 2.45) is 0 Å². The summed E-state index contributed by atoms with van der Waals surface area (Å²) in [6.45, 7) is 0. The maximum atomic E-state index is 6.42. The molecule has 0 unspecified atom stereocenters. The van der Waals surface area contributed by atoms with Crippen molar-refractivity contribution < 1.29 is 13.6 Å². The molecule has 164 valence electrons. The summed E-state index contributed by atoms with van der Waals surface area (Å²) in [7, 11) is 0. The second-order valence-electron chi connectivity index (χ2n) is 8.95. The molecule has 3 heteroatoms. The molecule has 0 saturated carbocycles. The van der Waals surface area contributed by atoms with Gasteiger partial charge in [-0.25, -0.2) is 0 Å². The fourth-order valence-electron chi connectivity index (χ4n) is 5.26. The van der Waals surface area contributed by atoms with E-state index in [4.69, 9.17) is 13.6 Å². The van der Waals surface area contributed by atoms with Gasteiger partial charge in [0.25, 0.3) is 0 Å². The fraction of sp³-hybridized carbons (Fsp3) is 0. The van der Waals surface area contributed by atoms with Crippen LogP contribution in [0.5, 0.6) is 11.5 Å². The van der Waals surface area contributed by atoms with Crippen molar-refractivity contribution in [3.63, 3.8) is 0 Å². The average molecular weight is 450 g/mol. The fourth-order valence-corrected chi connectivity index (χ4v) is 5.26. The van der Waals surface area contributed by atoms with E-state index in [1.165, 1.54) is 5.56 Å². The minimum absolute atomic E-state index is 0.832. The Bertz CT molecular complexity index is 1940. The Balaban J connectivity index is 1.28. The number of hydrogen-bond acceptors (Lipinski definition) is 3. The number of hydrogen-bond donors (Lipinski definition) is 0. The van der Waals surface area contributed by atoms with Crippen molar-refractivity contribution in [1.29, 1.82) is 0 Å². The van der Waals surface area contributed by atoms with Gasteiger partial charge in [-0.05, 0) is 71.6 Å². The summed E-state index contributed by atoms with van der Waals surface area (Å²) in [4.78, 5) is 0. The molecule has 0 aliphatic carbocycles. The van der Waals surface area contributed by atoms with Gasteiger partial charge in [0.2, 0.25) is 0 Å². The molecule has 0 bridgehead atoms. The highest BCUT2D eigenvalue weighted by atomic mass is 16.5. The lowest BCUT2D eigenvalue weighted by atomic mass is 9.92. The predicted molar refractivity (Wildman–Crippen MR) is 140 cm³/mol. The van der Waals surface area contributed by atoms with Crippen LogP contribution in [0.15, 0.2) is 118 Å². The zero-order valence-electron chi connectivity index (χ0n) is 18.6. The zero-order valence-corrected chi connectivity index (χ0v) is 18.6. The molecule has 0 atom stereocenters. The molecule has 8 rings (SSSR count). The highest BCUT2D eigenvalue weighted by Gasteiger charge is 2.21. The van der Waals surface area contributed by atoms with Crippen molar-refractivity contribution in [2.45, 2.75) is 0 Å². The van der Waals surface area contributed by atoms with Gasteiger partial charge in [0.15, 0.2) is 0 Å². The van der Waals surface area contributed by atoms with Crippen LogP contribution in [0.4, 0.5) is 0 Å². The highest BCUT2D eigenvalue weighted by Crippen LogP contribution is 2.48. The van der Waals surface area contributed by atoms with Crippen LogP contribution in [0.3, 0.4) is 0 Å². The van der Waals surface area contributed by atoms with Crippen LogP contribution in [0, 0.1) is 0 Å². The van der Waals surface area contributed by atoms with Crippen molar-refractivity contribution in [3.05, 3.63) is 109 Å². The van der Waals surface area contributed by atoms with E-state index in [2.05, 4.69) is 54.6 Å². The van der Waals surface area contributed by atoms with Crippen molar-refractivity contribution in [2.75, 3.05) is 0 Å². The zero-order chi connectivity index (χ0) is 22.9. The van der Waals surface area contributed by atoms with Gasteiger partial charge in [0.1, 0.15) is 34.2 Å². The second-order valence-corrected chi connectivity index (χ2v) is 8.95. The molecule has 7 aromatic rings. The molecule has 0 amide bonds. The van der Waals surface area contributed by atoms with E-state index < -0.39 is 0 Å². The topological polar surface area (TPSA) is 35.5 Å². The van der Waals surface area contributed by atoms with E-state index in [0.29, 0.717) is 0 Å². The number of furan rings is 2. The standard InChI is InChI=1S/C32H18O3/c1-3-9-28-22(7-1)24-17-19(12-13-30(24)34-28)26-14-15-27(33-26)21-16-20-6-5-11-31-32(20)25(18-21)23-8-2-4-10-29(23)35-31/h1-18H. The molecule has 3 nitrogen and oxygen atoms in total. The first kappa shape index (κ1) is 18.6. The highest BCUT2D eigenvalue weighted by molar-refractivity contribution is 6.07. The van der Waals surface area contributed by atoms with Gasteiger partial charge in [0, 0.05) is 32.8 Å². The Labute approximate surface area is 200 Å². The normalized spacial score (nSPS) is 12.2. The van der Waals surface area contributed by atoms with Gasteiger partial charge in [-0.1, -0.05) is 48.5 Å². The number of ether oxygens (including phenoxy) is 1. The van der Waals surface area contributed by atoms with Crippen LogP contribution < -0.4 is 4.74 Å². The molecule has 1 aliphatic heterocycles. The van der Waals surface area contributed by atoms with Crippen LogP contribution in [-0.2, 0) is 0 Å². The molecule has 0 N–H and O–H groups in total. The molecule has 3 heterocycles. The molecule has 5 aromatic carbocycles. The summed E-state index contributed by atoms with van der Waals surface area (Å²) in [5, 5.41) is 4.48. The van der Waals surface area contributed by atoms with Gasteiger partial charge in [-0.2, -0.15) is 0 Å². The van der Waals surface area contributed by atoms with Crippen LogP contribution in [-0.4, -0.2) is 0 Å². The molecule has 0 fully saturated rings. The van der Waals surface area contributed by atoms with Crippen LogP contribution >= 0.6 is 0 Å². The van der Waals surface area contributed by atoms with Crippen LogP contribution in [0.1, 0.15) is 0 Å². The molecule has 2 aromatic heterocycles. The third-order valence-corrected chi connectivity index (χ3v) is 6.89. The Kier molecular flexibility index (Phi) is 3.66. The number of fused-ring (bicyclic) bond motifs is 5. The first-order valence-corrected chi connectivity index (χ1v) is 11.7. The molecule has 0 spiro atoms. The third-order valence-electron chi connectivity index (χ3n) is 6.89. The van der Waals surface area contributed by atoms with Gasteiger partial charge in [-0.15, -0.1) is 0 Å². The predicted octanol–water partition coefficient (Wildman–Crippen LogP) is 9.44. The molecule has 0 radical (unpaired) electrons.